The second-order valence-electron chi connectivity index (χ2n) is 5.53. The third-order valence-corrected chi connectivity index (χ3v) is 2.67. The molecule has 1 heterocycles. The molecule has 0 aliphatic carbocycles. The van der Waals surface area contributed by atoms with Crippen molar-refractivity contribution in [2.24, 2.45) is 0 Å². The van der Waals surface area contributed by atoms with Crippen LogP contribution < -0.4 is 5.32 Å². The van der Waals surface area contributed by atoms with Crippen LogP contribution in [0.3, 0.4) is 0 Å². The van der Waals surface area contributed by atoms with Crippen LogP contribution in [-0.4, -0.2) is 61.3 Å². The van der Waals surface area contributed by atoms with Gasteiger partial charge in [0.05, 0.1) is 13.2 Å². The van der Waals surface area contributed by atoms with E-state index < -0.39 is 11.6 Å². The Hall–Kier alpha value is -1.14. The number of nitrogens with zero attached hydrogens (tertiary/aromatic N) is 1. The molecule has 19 heavy (non-hydrogen) atoms. The first-order valence-electron chi connectivity index (χ1n) is 6.66. The summed E-state index contributed by atoms with van der Waals surface area (Å²) in [7, 11) is 0. The van der Waals surface area contributed by atoms with Crippen molar-refractivity contribution in [2.75, 3.05) is 32.8 Å². The fraction of sp³-hybridized carbons (Fsp3) is 0.846. The number of nitrogens with one attached hydrogen (secondary N) is 1. The Morgan fingerprint density at radius 1 is 1.37 bits per heavy atom. The van der Waals surface area contributed by atoms with Crippen LogP contribution in [0.1, 0.15) is 27.7 Å². The van der Waals surface area contributed by atoms with Crippen molar-refractivity contribution in [3.05, 3.63) is 0 Å². The van der Waals surface area contributed by atoms with E-state index in [1.165, 1.54) is 0 Å². The first-order chi connectivity index (χ1) is 8.83. The number of piperazine rings is 1. The number of rotatable bonds is 4. The van der Waals surface area contributed by atoms with Crippen molar-refractivity contribution in [2.45, 2.75) is 39.3 Å². The zero-order chi connectivity index (χ0) is 14.5. The maximum Gasteiger partial charge on any atom is 0.324 e. The summed E-state index contributed by atoms with van der Waals surface area (Å²) in [6.45, 7) is 9.58. The maximum atomic E-state index is 11.8. The Morgan fingerprint density at radius 2 is 2.05 bits per heavy atom. The number of hydrogen-bond acceptors (Lipinski definition) is 6. The van der Waals surface area contributed by atoms with E-state index in [2.05, 4.69) is 5.32 Å². The molecule has 1 N–H and O–H groups in total. The van der Waals surface area contributed by atoms with Crippen LogP contribution >= 0.6 is 0 Å². The molecule has 1 unspecified atom stereocenters. The molecule has 1 fully saturated rings. The van der Waals surface area contributed by atoms with Crippen molar-refractivity contribution in [1.29, 1.82) is 0 Å². The number of esters is 2. The maximum absolute atomic E-state index is 11.8. The minimum atomic E-state index is -0.509. The van der Waals surface area contributed by atoms with Crippen LogP contribution in [0.2, 0.25) is 0 Å². The van der Waals surface area contributed by atoms with Gasteiger partial charge in [-0.15, -0.1) is 0 Å². The summed E-state index contributed by atoms with van der Waals surface area (Å²) in [5, 5.41) is 3.13. The van der Waals surface area contributed by atoms with Crippen LogP contribution in [0.15, 0.2) is 0 Å². The summed E-state index contributed by atoms with van der Waals surface area (Å²) in [5.74, 6) is -0.609. The monoisotopic (exact) mass is 272 g/mol. The highest BCUT2D eigenvalue weighted by Gasteiger charge is 2.32. The van der Waals surface area contributed by atoms with Crippen LogP contribution in [-0.2, 0) is 19.1 Å². The van der Waals surface area contributed by atoms with E-state index in [1.54, 1.807) is 6.92 Å². The topological polar surface area (TPSA) is 67.9 Å². The number of ether oxygens (including phenoxy) is 2. The largest absolute Gasteiger partial charge is 0.465 e. The summed E-state index contributed by atoms with van der Waals surface area (Å²) in [4.78, 5) is 25.4. The van der Waals surface area contributed by atoms with Gasteiger partial charge < -0.3 is 14.8 Å². The third kappa shape index (κ3) is 5.57. The van der Waals surface area contributed by atoms with Crippen LogP contribution in [0.4, 0.5) is 0 Å². The molecule has 0 aromatic heterocycles. The highest BCUT2D eigenvalue weighted by atomic mass is 16.6. The molecule has 6 nitrogen and oxygen atoms in total. The molecular formula is C13H24N2O4. The molecule has 1 saturated heterocycles. The molecule has 6 heteroatoms. The fourth-order valence-electron chi connectivity index (χ4n) is 1.95. The second kappa shape index (κ2) is 6.86. The van der Waals surface area contributed by atoms with Gasteiger partial charge in [-0.3, -0.25) is 14.5 Å². The summed E-state index contributed by atoms with van der Waals surface area (Å²) in [6.07, 6.45) is 0. The molecule has 0 aromatic carbocycles. The Bertz CT molecular complexity index is 325. The van der Waals surface area contributed by atoms with Gasteiger partial charge >= 0.3 is 11.9 Å². The van der Waals surface area contributed by atoms with E-state index in [1.807, 2.05) is 25.7 Å². The molecule has 0 amide bonds. The van der Waals surface area contributed by atoms with Gasteiger partial charge in [-0.1, -0.05) is 0 Å². The Morgan fingerprint density at radius 3 is 2.63 bits per heavy atom. The first-order valence-corrected chi connectivity index (χ1v) is 6.66. The number of hydrogen-bond donors (Lipinski definition) is 1. The van der Waals surface area contributed by atoms with Gasteiger partial charge in [-0.2, -0.15) is 0 Å². The highest BCUT2D eigenvalue weighted by Crippen LogP contribution is 2.10. The van der Waals surface area contributed by atoms with Gasteiger partial charge in [0.15, 0.2) is 0 Å². The lowest BCUT2D eigenvalue weighted by Gasteiger charge is -2.34. The molecule has 1 aliphatic rings. The van der Waals surface area contributed by atoms with Gasteiger partial charge in [0.1, 0.15) is 11.6 Å². The van der Waals surface area contributed by atoms with Crippen LogP contribution in [0.5, 0.6) is 0 Å². The van der Waals surface area contributed by atoms with Gasteiger partial charge in [-0.25, -0.2) is 0 Å². The molecule has 1 atom stereocenters. The summed E-state index contributed by atoms with van der Waals surface area (Å²) in [5.41, 5.74) is -0.509. The van der Waals surface area contributed by atoms with Gasteiger partial charge in [0.2, 0.25) is 0 Å². The van der Waals surface area contributed by atoms with E-state index in [4.69, 9.17) is 9.47 Å². The molecule has 0 aromatic rings. The Kier molecular flexibility index (Phi) is 5.75. The predicted molar refractivity (Wildman–Crippen MR) is 70.7 cm³/mol. The predicted octanol–water partition coefficient (Wildman–Crippen LogP) is 0.165. The van der Waals surface area contributed by atoms with E-state index in [0.717, 1.165) is 6.54 Å². The highest BCUT2D eigenvalue weighted by molar-refractivity contribution is 5.78. The van der Waals surface area contributed by atoms with Crippen molar-refractivity contribution < 1.29 is 19.1 Å². The molecule has 0 radical (unpaired) electrons. The quantitative estimate of drug-likeness (QED) is 0.736. The van der Waals surface area contributed by atoms with Crippen LogP contribution in [0.25, 0.3) is 0 Å². The molecule has 0 bridgehead atoms. The molecule has 1 rings (SSSR count). The summed E-state index contributed by atoms with van der Waals surface area (Å²) < 4.78 is 10.3. The number of carbonyl (C=O) groups is 2. The molecule has 0 saturated carbocycles. The average molecular weight is 272 g/mol. The van der Waals surface area contributed by atoms with Crippen molar-refractivity contribution in [1.82, 2.24) is 10.2 Å². The summed E-state index contributed by atoms with van der Waals surface area (Å²) in [6, 6.07) is -0.416. The lowest BCUT2D eigenvalue weighted by atomic mass is 10.2. The molecule has 0 spiro atoms. The van der Waals surface area contributed by atoms with E-state index in [-0.39, 0.29) is 18.5 Å². The first kappa shape index (κ1) is 15.9. The van der Waals surface area contributed by atoms with Crippen molar-refractivity contribution >= 4 is 11.9 Å². The molecule has 110 valence electrons. The lowest BCUT2D eigenvalue weighted by Crippen LogP contribution is -2.57. The minimum absolute atomic E-state index is 0.114. The lowest BCUT2D eigenvalue weighted by molar-refractivity contribution is -0.159. The minimum Gasteiger partial charge on any atom is -0.465 e. The van der Waals surface area contributed by atoms with E-state index in [9.17, 15) is 9.59 Å². The molecular weight excluding hydrogens is 248 g/mol. The molecule has 1 aliphatic heterocycles. The SMILES string of the molecule is CCOC(=O)C1CNCCN1CC(=O)OC(C)(C)C. The Balaban J connectivity index is 2.57. The average Bonchev–Trinajstić information content (AvgIpc) is 2.27. The third-order valence-electron chi connectivity index (χ3n) is 2.67. The number of carbonyl (C=O) groups excluding carboxylic acids is 2. The van der Waals surface area contributed by atoms with Gasteiger partial charge in [0, 0.05) is 19.6 Å². The van der Waals surface area contributed by atoms with E-state index in [0.29, 0.717) is 19.7 Å². The van der Waals surface area contributed by atoms with Crippen LogP contribution in [0, 0.1) is 0 Å². The fourth-order valence-corrected chi connectivity index (χ4v) is 1.95. The second-order valence-corrected chi connectivity index (χ2v) is 5.53. The Labute approximate surface area is 114 Å². The van der Waals surface area contributed by atoms with Gasteiger partial charge in [-0.05, 0) is 27.7 Å². The van der Waals surface area contributed by atoms with Crippen molar-refractivity contribution in [3.63, 3.8) is 0 Å². The van der Waals surface area contributed by atoms with E-state index >= 15 is 0 Å². The van der Waals surface area contributed by atoms with Crippen molar-refractivity contribution in [3.8, 4) is 0 Å². The standard InChI is InChI=1S/C13H24N2O4/c1-5-18-12(17)10-8-14-6-7-15(10)9-11(16)19-13(2,3)4/h10,14H,5-9H2,1-4H3. The van der Waals surface area contributed by atoms with Gasteiger partial charge in [0.25, 0.3) is 0 Å². The zero-order valence-electron chi connectivity index (χ0n) is 12.2. The summed E-state index contributed by atoms with van der Waals surface area (Å²) >= 11 is 0. The zero-order valence-corrected chi connectivity index (χ0v) is 12.2. The normalized spacial score (nSPS) is 20.9. The smallest absolute Gasteiger partial charge is 0.324 e.